The molecule has 1 aromatic carbocycles. The first-order valence-electron chi connectivity index (χ1n) is 13.4. The summed E-state index contributed by atoms with van der Waals surface area (Å²) in [6.45, 7) is 10.0. The zero-order chi connectivity index (χ0) is 29.2. The van der Waals surface area contributed by atoms with Crippen molar-refractivity contribution < 1.29 is 19.1 Å². The Morgan fingerprint density at radius 3 is 2.42 bits per heavy atom. The number of nitrogen functional groups attached to an aromatic ring is 1. The second-order valence-corrected chi connectivity index (χ2v) is 11.2. The van der Waals surface area contributed by atoms with Crippen molar-refractivity contribution in [3.8, 4) is 11.3 Å². The maximum Gasteiger partial charge on any atom is 0.410 e. The van der Waals surface area contributed by atoms with Crippen LogP contribution < -0.4 is 16.9 Å². The number of pyridine rings is 1. The lowest BCUT2D eigenvalue weighted by atomic mass is 10.0. The summed E-state index contributed by atoms with van der Waals surface area (Å²) in [6, 6.07) is 9.89. The molecule has 1 atom stereocenters. The first-order valence-corrected chi connectivity index (χ1v) is 13.4. The van der Waals surface area contributed by atoms with E-state index in [1.165, 1.54) is 4.68 Å². The van der Waals surface area contributed by atoms with Crippen LogP contribution in [0.5, 0.6) is 0 Å². The Hall–Kier alpha value is -4.41. The lowest BCUT2D eigenvalue weighted by molar-refractivity contribution is 0.00821. The fourth-order valence-electron chi connectivity index (χ4n) is 4.70. The van der Waals surface area contributed by atoms with Crippen LogP contribution in [0.3, 0.4) is 0 Å². The maximum atomic E-state index is 13.0. The van der Waals surface area contributed by atoms with Gasteiger partial charge in [0, 0.05) is 23.9 Å². The van der Waals surface area contributed by atoms with Crippen molar-refractivity contribution in [3.63, 3.8) is 0 Å². The number of carbonyl (C=O) groups excluding carboxylic acids is 3. The molecule has 0 aliphatic carbocycles. The van der Waals surface area contributed by atoms with Crippen molar-refractivity contribution >= 4 is 23.7 Å². The third kappa shape index (κ3) is 6.24. The highest BCUT2D eigenvalue weighted by molar-refractivity contribution is 6.04. The van der Waals surface area contributed by atoms with E-state index in [2.05, 4.69) is 24.1 Å². The quantitative estimate of drug-likeness (QED) is 0.381. The van der Waals surface area contributed by atoms with Crippen LogP contribution in [0.4, 0.5) is 10.6 Å². The lowest BCUT2D eigenvalue weighted by Gasteiger charge is -2.36. The number of hydrogen-bond acceptors (Lipinski definition) is 7. The number of hydrogen-bond donors (Lipinski definition) is 3. The number of likely N-dealkylation sites (tertiary alicyclic amines) is 1. The second-order valence-electron chi connectivity index (χ2n) is 11.2. The summed E-state index contributed by atoms with van der Waals surface area (Å²) in [5.41, 5.74) is 7.35. The number of rotatable bonds is 6. The number of primary amides is 1. The van der Waals surface area contributed by atoms with Gasteiger partial charge in [-0.15, -0.1) is 0 Å². The van der Waals surface area contributed by atoms with Crippen molar-refractivity contribution in [2.75, 3.05) is 17.7 Å². The highest BCUT2D eigenvalue weighted by atomic mass is 16.6. The van der Waals surface area contributed by atoms with E-state index in [9.17, 15) is 14.4 Å². The molecule has 11 heteroatoms. The number of imidazole rings is 1. The summed E-state index contributed by atoms with van der Waals surface area (Å²) in [5.74, 6) is 6.39. The number of nitrogens with one attached hydrogen (secondary N) is 1. The van der Waals surface area contributed by atoms with Crippen molar-refractivity contribution in [1.29, 1.82) is 0 Å². The molecule has 0 saturated carbocycles. The van der Waals surface area contributed by atoms with Gasteiger partial charge >= 0.3 is 6.09 Å². The summed E-state index contributed by atoms with van der Waals surface area (Å²) in [7, 11) is 0. The van der Waals surface area contributed by atoms with Crippen LogP contribution in [0.15, 0.2) is 42.6 Å². The van der Waals surface area contributed by atoms with Gasteiger partial charge in [0.1, 0.15) is 17.1 Å². The molecule has 3 heterocycles. The number of amides is 3. The van der Waals surface area contributed by atoms with Gasteiger partial charge < -0.3 is 21.6 Å². The summed E-state index contributed by atoms with van der Waals surface area (Å²) in [4.78, 5) is 48.9. The third-order valence-electron chi connectivity index (χ3n) is 6.71. The Morgan fingerprint density at radius 2 is 1.80 bits per heavy atom. The molecule has 4 rings (SSSR count). The first-order chi connectivity index (χ1) is 18.9. The van der Waals surface area contributed by atoms with Gasteiger partial charge in [0.2, 0.25) is 0 Å². The second kappa shape index (κ2) is 11.4. The van der Waals surface area contributed by atoms with E-state index in [-0.39, 0.29) is 17.3 Å². The predicted molar refractivity (Wildman–Crippen MR) is 152 cm³/mol. The highest BCUT2D eigenvalue weighted by Gasteiger charge is 2.36. The summed E-state index contributed by atoms with van der Waals surface area (Å²) in [6.07, 6.45) is 3.48. The van der Waals surface area contributed by atoms with Crippen LogP contribution in [0.25, 0.3) is 11.3 Å². The Labute approximate surface area is 233 Å². The maximum absolute atomic E-state index is 13.0. The molecule has 40 heavy (non-hydrogen) atoms. The zero-order valence-electron chi connectivity index (χ0n) is 23.6. The molecule has 3 aromatic rings. The van der Waals surface area contributed by atoms with Gasteiger partial charge in [-0.2, -0.15) is 0 Å². The standard InChI is InChI=1S/C29H37N7O4/c1-17(2)20-13-14-32-22(16-20)33-27(38)19-11-9-18(10-12-19)23-24(25(30)37)36(31)26(34-23)21-8-6-7-15-35(21)28(39)40-29(3,4)5/h9-14,16-17,21H,6-8,15,31H2,1-5H3,(H2,30,37)(H,32,33,38). The molecule has 1 saturated heterocycles. The molecule has 0 spiro atoms. The number of piperidine rings is 1. The van der Waals surface area contributed by atoms with Gasteiger partial charge in [-0.3, -0.25) is 14.5 Å². The Kier molecular flexibility index (Phi) is 8.13. The Balaban J connectivity index is 1.62. The van der Waals surface area contributed by atoms with Gasteiger partial charge in [-0.1, -0.05) is 26.0 Å². The molecule has 1 aliphatic rings. The number of ether oxygens (including phenoxy) is 1. The molecular weight excluding hydrogens is 510 g/mol. The Morgan fingerprint density at radius 1 is 1.10 bits per heavy atom. The first kappa shape index (κ1) is 28.6. The monoisotopic (exact) mass is 547 g/mol. The van der Waals surface area contributed by atoms with Gasteiger partial charge in [-0.05, 0) is 75.8 Å². The summed E-state index contributed by atoms with van der Waals surface area (Å²) < 4.78 is 6.78. The van der Waals surface area contributed by atoms with Crippen LogP contribution in [0.2, 0.25) is 0 Å². The van der Waals surface area contributed by atoms with Crippen LogP contribution in [-0.2, 0) is 4.74 Å². The molecule has 5 N–H and O–H groups in total. The topological polar surface area (TPSA) is 158 Å². The largest absolute Gasteiger partial charge is 0.444 e. The summed E-state index contributed by atoms with van der Waals surface area (Å²) in [5, 5.41) is 2.82. The van der Waals surface area contributed by atoms with E-state index in [4.69, 9.17) is 21.3 Å². The molecule has 1 unspecified atom stereocenters. The third-order valence-corrected chi connectivity index (χ3v) is 6.71. The van der Waals surface area contributed by atoms with E-state index in [1.54, 1.807) is 56.1 Å². The molecule has 3 amide bonds. The van der Waals surface area contributed by atoms with E-state index in [1.807, 2.05) is 12.1 Å². The predicted octanol–water partition coefficient (Wildman–Crippen LogP) is 4.60. The number of nitrogens with two attached hydrogens (primary N) is 2. The van der Waals surface area contributed by atoms with Crippen molar-refractivity contribution in [3.05, 3.63) is 65.2 Å². The summed E-state index contributed by atoms with van der Waals surface area (Å²) >= 11 is 0. The van der Waals surface area contributed by atoms with Crippen LogP contribution >= 0.6 is 0 Å². The van der Waals surface area contributed by atoms with Crippen LogP contribution in [0, 0.1) is 0 Å². The molecule has 11 nitrogen and oxygen atoms in total. The van der Waals surface area contributed by atoms with E-state index in [0.717, 1.165) is 18.4 Å². The SMILES string of the molecule is CC(C)c1ccnc(NC(=O)c2ccc(-c3nc(C4CCCCN4C(=O)OC(C)(C)C)n(N)c3C(N)=O)cc2)c1. The minimum Gasteiger partial charge on any atom is -0.444 e. The number of nitrogens with zero attached hydrogens (tertiary/aromatic N) is 4. The molecular formula is C29H37N7O4. The normalized spacial score (nSPS) is 15.7. The average Bonchev–Trinajstić information content (AvgIpc) is 3.25. The zero-order valence-corrected chi connectivity index (χ0v) is 23.6. The molecule has 1 fully saturated rings. The number of benzene rings is 1. The molecule has 1 aliphatic heterocycles. The van der Waals surface area contributed by atoms with Gasteiger partial charge in [0.15, 0.2) is 11.5 Å². The highest BCUT2D eigenvalue weighted by Crippen LogP contribution is 2.34. The van der Waals surface area contributed by atoms with E-state index < -0.39 is 23.6 Å². The van der Waals surface area contributed by atoms with Crippen molar-refractivity contribution in [2.24, 2.45) is 5.73 Å². The van der Waals surface area contributed by atoms with Crippen molar-refractivity contribution in [1.82, 2.24) is 19.5 Å². The fourth-order valence-corrected chi connectivity index (χ4v) is 4.70. The van der Waals surface area contributed by atoms with Crippen LogP contribution in [0.1, 0.15) is 98.1 Å². The number of anilines is 1. The molecule has 0 bridgehead atoms. The minimum absolute atomic E-state index is 0.0108. The van der Waals surface area contributed by atoms with Crippen molar-refractivity contribution in [2.45, 2.75) is 71.4 Å². The van der Waals surface area contributed by atoms with Gasteiger partial charge in [-0.25, -0.2) is 19.4 Å². The molecule has 2 aromatic heterocycles. The Bertz CT molecular complexity index is 1410. The lowest BCUT2D eigenvalue weighted by Crippen LogP contribution is -2.43. The smallest absolute Gasteiger partial charge is 0.410 e. The van der Waals surface area contributed by atoms with Crippen LogP contribution in [-0.4, -0.2) is 49.6 Å². The van der Waals surface area contributed by atoms with E-state index >= 15 is 0 Å². The fraction of sp³-hybridized carbons (Fsp3) is 0.414. The average molecular weight is 548 g/mol. The van der Waals surface area contributed by atoms with Gasteiger partial charge in [0.25, 0.3) is 11.8 Å². The number of aromatic nitrogens is 3. The number of carbonyl (C=O) groups is 3. The van der Waals surface area contributed by atoms with Gasteiger partial charge in [0.05, 0.1) is 6.04 Å². The molecule has 212 valence electrons. The van der Waals surface area contributed by atoms with E-state index in [0.29, 0.717) is 41.7 Å². The minimum atomic E-state index is -0.756. The molecule has 0 radical (unpaired) electrons.